The Morgan fingerprint density at radius 2 is 1.41 bits per heavy atom. The number of unbranched alkanes of at least 4 members (excludes halogenated alkanes) is 4. The molecule has 0 aliphatic carbocycles. The molecule has 0 aromatic heterocycles. The first-order valence-electron chi connectivity index (χ1n) is 7.65. The summed E-state index contributed by atoms with van der Waals surface area (Å²) in [5.41, 5.74) is 0. The fourth-order valence-electron chi connectivity index (χ4n) is 1.56. The summed E-state index contributed by atoms with van der Waals surface area (Å²) in [7, 11) is -3.23. The minimum atomic E-state index is -3.23. The van der Waals surface area contributed by atoms with Crippen LogP contribution in [-0.2, 0) is 18.7 Å². The van der Waals surface area contributed by atoms with Gasteiger partial charge in [-0.15, -0.1) is 0 Å². The SMILES string of the molecule is CCCCCCP(=O)(O)OCC.O=C(O)CCCCC(=O)O. The second-order valence-electron chi connectivity index (χ2n) is 4.83. The molecule has 3 N–H and O–H groups in total. The lowest BCUT2D eigenvalue weighted by atomic mass is 10.2. The van der Waals surface area contributed by atoms with Crippen LogP contribution >= 0.6 is 7.60 Å². The van der Waals surface area contributed by atoms with Gasteiger partial charge in [0.1, 0.15) is 0 Å². The summed E-state index contributed by atoms with van der Waals surface area (Å²) in [5, 5.41) is 16.3. The van der Waals surface area contributed by atoms with Crippen LogP contribution in [0.4, 0.5) is 0 Å². The molecule has 0 spiro atoms. The zero-order valence-electron chi connectivity index (χ0n) is 13.5. The van der Waals surface area contributed by atoms with Crippen molar-refractivity contribution in [3.63, 3.8) is 0 Å². The van der Waals surface area contributed by atoms with Crippen LogP contribution in [0.1, 0.15) is 65.2 Å². The fraction of sp³-hybridized carbons (Fsp3) is 0.857. The molecule has 22 heavy (non-hydrogen) atoms. The van der Waals surface area contributed by atoms with Crippen LogP contribution in [0, 0.1) is 0 Å². The van der Waals surface area contributed by atoms with E-state index in [-0.39, 0.29) is 12.8 Å². The normalized spacial score (nSPS) is 12.9. The zero-order chi connectivity index (χ0) is 17.4. The van der Waals surface area contributed by atoms with Crippen molar-refractivity contribution in [2.75, 3.05) is 12.8 Å². The van der Waals surface area contributed by atoms with E-state index < -0.39 is 19.5 Å². The van der Waals surface area contributed by atoms with Gasteiger partial charge in [-0.3, -0.25) is 14.2 Å². The van der Waals surface area contributed by atoms with Crippen molar-refractivity contribution in [3.05, 3.63) is 0 Å². The minimum Gasteiger partial charge on any atom is -0.481 e. The first-order chi connectivity index (χ1) is 10.2. The predicted molar refractivity (Wildman–Crippen MR) is 84.2 cm³/mol. The lowest BCUT2D eigenvalue weighted by Crippen LogP contribution is -1.97. The molecule has 1 unspecified atom stereocenters. The van der Waals surface area contributed by atoms with Crippen LogP contribution in [0.25, 0.3) is 0 Å². The van der Waals surface area contributed by atoms with E-state index in [4.69, 9.17) is 19.6 Å². The fourth-order valence-corrected chi connectivity index (χ4v) is 2.71. The van der Waals surface area contributed by atoms with Gasteiger partial charge < -0.3 is 19.6 Å². The van der Waals surface area contributed by atoms with Gasteiger partial charge >= 0.3 is 19.5 Å². The molecule has 132 valence electrons. The molecular formula is C14H29O7P. The van der Waals surface area contributed by atoms with Gasteiger partial charge in [0.2, 0.25) is 0 Å². The van der Waals surface area contributed by atoms with E-state index in [9.17, 15) is 14.2 Å². The molecule has 0 saturated carbocycles. The number of hydrogen-bond acceptors (Lipinski definition) is 4. The third-order valence-corrected chi connectivity index (χ3v) is 4.20. The van der Waals surface area contributed by atoms with Gasteiger partial charge in [0, 0.05) is 19.0 Å². The van der Waals surface area contributed by atoms with E-state index in [0.717, 1.165) is 25.7 Å². The van der Waals surface area contributed by atoms with E-state index in [1.807, 2.05) is 0 Å². The van der Waals surface area contributed by atoms with E-state index >= 15 is 0 Å². The number of carbonyl (C=O) groups is 2. The van der Waals surface area contributed by atoms with Gasteiger partial charge in [-0.2, -0.15) is 0 Å². The first-order valence-corrected chi connectivity index (χ1v) is 9.41. The quantitative estimate of drug-likeness (QED) is 0.367. The van der Waals surface area contributed by atoms with E-state index in [2.05, 4.69) is 6.92 Å². The summed E-state index contributed by atoms with van der Waals surface area (Å²) in [4.78, 5) is 28.9. The Kier molecular flexibility index (Phi) is 15.9. The van der Waals surface area contributed by atoms with Gasteiger partial charge in [0.15, 0.2) is 0 Å². The molecule has 0 radical (unpaired) electrons. The van der Waals surface area contributed by atoms with Gasteiger partial charge in [0.05, 0.1) is 6.61 Å². The van der Waals surface area contributed by atoms with Crippen LogP contribution in [0.5, 0.6) is 0 Å². The average Bonchev–Trinajstić information content (AvgIpc) is 2.40. The predicted octanol–water partition coefficient (Wildman–Crippen LogP) is 3.50. The molecule has 0 amide bonds. The monoisotopic (exact) mass is 340 g/mol. The summed E-state index contributed by atoms with van der Waals surface area (Å²) in [5.74, 6) is -1.74. The van der Waals surface area contributed by atoms with Crippen molar-refractivity contribution >= 4 is 19.5 Å². The number of hydrogen-bond donors (Lipinski definition) is 3. The smallest absolute Gasteiger partial charge is 0.328 e. The Hall–Kier alpha value is -0.910. The lowest BCUT2D eigenvalue weighted by Gasteiger charge is -2.09. The van der Waals surface area contributed by atoms with Crippen molar-refractivity contribution in [1.82, 2.24) is 0 Å². The molecule has 0 bridgehead atoms. The highest BCUT2D eigenvalue weighted by atomic mass is 31.2. The summed E-state index contributed by atoms with van der Waals surface area (Å²) in [6.07, 6.45) is 5.41. The molecule has 0 aliphatic rings. The Labute approximate surface area is 132 Å². The maximum absolute atomic E-state index is 11.1. The van der Waals surface area contributed by atoms with Gasteiger partial charge in [-0.1, -0.05) is 26.2 Å². The molecule has 0 aromatic carbocycles. The molecular weight excluding hydrogens is 311 g/mol. The Morgan fingerprint density at radius 3 is 1.77 bits per heavy atom. The van der Waals surface area contributed by atoms with E-state index in [1.165, 1.54) is 0 Å². The van der Waals surface area contributed by atoms with Crippen molar-refractivity contribution in [3.8, 4) is 0 Å². The summed E-state index contributed by atoms with van der Waals surface area (Å²) >= 11 is 0. The highest BCUT2D eigenvalue weighted by Gasteiger charge is 2.16. The molecule has 7 nitrogen and oxygen atoms in total. The van der Waals surface area contributed by atoms with Gasteiger partial charge in [0.25, 0.3) is 0 Å². The molecule has 0 fully saturated rings. The van der Waals surface area contributed by atoms with Crippen LogP contribution in [0.3, 0.4) is 0 Å². The van der Waals surface area contributed by atoms with Gasteiger partial charge in [-0.25, -0.2) is 0 Å². The lowest BCUT2D eigenvalue weighted by molar-refractivity contribution is -0.139. The molecule has 0 aliphatic heterocycles. The van der Waals surface area contributed by atoms with Crippen LogP contribution in [0.15, 0.2) is 0 Å². The highest BCUT2D eigenvalue weighted by Crippen LogP contribution is 2.42. The largest absolute Gasteiger partial charge is 0.481 e. The van der Waals surface area contributed by atoms with E-state index in [1.54, 1.807) is 6.92 Å². The highest BCUT2D eigenvalue weighted by molar-refractivity contribution is 7.52. The van der Waals surface area contributed by atoms with Crippen molar-refractivity contribution < 1.29 is 33.8 Å². The van der Waals surface area contributed by atoms with E-state index in [0.29, 0.717) is 25.6 Å². The molecule has 1 atom stereocenters. The van der Waals surface area contributed by atoms with Crippen LogP contribution in [-0.4, -0.2) is 39.8 Å². The number of carboxylic acids is 2. The van der Waals surface area contributed by atoms with Crippen molar-refractivity contribution in [2.24, 2.45) is 0 Å². The molecule has 0 heterocycles. The average molecular weight is 340 g/mol. The second-order valence-corrected chi connectivity index (χ2v) is 6.81. The van der Waals surface area contributed by atoms with Gasteiger partial charge in [-0.05, 0) is 26.2 Å². The number of carboxylic acid groups (broad SMARTS) is 2. The van der Waals surface area contributed by atoms with Crippen molar-refractivity contribution in [1.29, 1.82) is 0 Å². The molecule has 0 aromatic rings. The summed E-state index contributed by atoms with van der Waals surface area (Å²) in [6.45, 7) is 4.16. The number of aliphatic carboxylic acids is 2. The first kappa shape index (κ1) is 23.4. The third-order valence-electron chi connectivity index (χ3n) is 2.66. The molecule has 0 saturated heterocycles. The second kappa shape index (κ2) is 15.0. The Bertz CT molecular complexity index is 328. The Balaban J connectivity index is 0. The maximum atomic E-state index is 11.1. The zero-order valence-corrected chi connectivity index (χ0v) is 14.4. The standard InChI is InChI=1S/C8H19O3P.C6H10O4/c1-3-5-6-7-8-12(9,10)11-4-2;7-5(8)3-1-2-4-6(9)10/h3-8H2,1-2H3,(H,9,10);1-4H2,(H,7,8)(H,9,10). The number of rotatable bonds is 12. The summed E-state index contributed by atoms with van der Waals surface area (Å²) < 4.78 is 15.8. The van der Waals surface area contributed by atoms with Crippen LogP contribution in [0.2, 0.25) is 0 Å². The van der Waals surface area contributed by atoms with Crippen LogP contribution < -0.4 is 0 Å². The third kappa shape index (κ3) is 21.4. The maximum Gasteiger partial charge on any atom is 0.328 e. The summed E-state index contributed by atoms with van der Waals surface area (Å²) in [6, 6.07) is 0. The molecule has 0 rings (SSSR count). The van der Waals surface area contributed by atoms with Crippen molar-refractivity contribution in [2.45, 2.75) is 65.2 Å². The minimum absolute atomic E-state index is 0.0628. The Morgan fingerprint density at radius 1 is 0.909 bits per heavy atom. The topological polar surface area (TPSA) is 121 Å². The molecule has 8 heteroatoms.